The summed E-state index contributed by atoms with van der Waals surface area (Å²) in [7, 11) is 0. The monoisotopic (exact) mass is 606 g/mol. The Hall–Kier alpha value is -0.950. The van der Waals surface area contributed by atoms with E-state index in [0.29, 0.717) is 0 Å². The van der Waals surface area contributed by atoms with Gasteiger partial charge in [-0.3, -0.25) is 0 Å². The van der Waals surface area contributed by atoms with Gasteiger partial charge in [-0.1, -0.05) is 116 Å². The molecule has 1 unspecified atom stereocenters. The van der Waals surface area contributed by atoms with Crippen molar-refractivity contribution in [1.29, 1.82) is 0 Å². The first-order valence-corrected chi connectivity index (χ1v) is 18.6. The molecule has 0 radical (unpaired) electrons. The average Bonchev–Trinajstić information content (AvgIpc) is 3.75. The number of ether oxygens (including phenoxy) is 3. The molecule has 2 saturated heterocycles. The Morgan fingerprint density at radius 1 is 0.651 bits per heavy atom. The summed E-state index contributed by atoms with van der Waals surface area (Å²) in [5.74, 6) is -0.118. The number of carbonyl (C=O) groups excluding carboxylic acids is 1. The lowest BCUT2D eigenvalue weighted by molar-refractivity contribution is -0.139. The number of esters is 1. The molecule has 6 heteroatoms. The Bertz CT molecular complexity index is 768. The van der Waals surface area contributed by atoms with Gasteiger partial charge < -0.3 is 24.4 Å². The minimum atomic E-state index is -0.375. The van der Waals surface area contributed by atoms with Gasteiger partial charge in [-0.05, 0) is 64.4 Å². The van der Waals surface area contributed by atoms with Gasteiger partial charge in [-0.15, -0.1) is 0 Å². The fourth-order valence-corrected chi connectivity index (χ4v) is 7.25. The van der Waals surface area contributed by atoms with Gasteiger partial charge in [0.1, 0.15) is 6.10 Å². The Morgan fingerprint density at radius 3 is 1.49 bits per heavy atom. The maximum Gasteiger partial charge on any atom is 0.334 e. The van der Waals surface area contributed by atoms with Crippen LogP contribution in [0.1, 0.15) is 174 Å². The third-order valence-corrected chi connectivity index (χ3v) is 9.98. The van der Waals surface area contributed by atoms with Crippen molar-refractivity contribution in [2.75, 3.05) is 0 Å². The van der Waals surface area contributed by atoms with Crippen LogP contribution in [-0.2, 0) is 19.0 Å². The summed E-state index contributed by atoms with van der Waals surface area (Å²) in [6.07, 6.45) is 29.9. The zero-order valence-corrected chi connectivity index (χ0v) is 27.8. The van der Waals surface area contributed by atoms with E-state index in [2.05, 4.69) is 6.92 Å². The normalized spacial score (nSPS) is 27.0. The van der Waals surface area contributed by atoms with E-state index in [1.165, 1.54) is 96.3 Å². The van der Waals surface area contributed by atoms with Crippen molar-refractivity contribution >= 4 is 5.97 Å². The smallest absolute Gasteiger partial charge is 0.334 e. The first-order chi connectivity index (χ1) is 21.0. The lowest BCUT2D eigenvalue weighted by Crippen LogP contribution is -2.33. The summed E-state index contributed by atoms with van der Waals surface area (Å²) in [6, 6.07) is 0. The fourth-order valence-electron chi connectivity index (χ4n) is 7.25. The van der Waals surface area contributed by atoms with Gasteiger partial charge in [-0.2, -0.15) is 0 Å². The summed E-state index contributed by atoms with van der Waals surface area (Å²) in [4.78, 5) is 11.6. The van der Waals surface area contributed by atoms with E-state index in [1.807, 2.05) is 13.0 Å². The SMILES string of the molecule is CCCCCCCCCC[C@@H](O)[C@H]1CC[C@H]([C@H]2CC[C@H]([C@H](O)CCCCCCCCCCCCC3=CC(C)OC3=O)O2)O1. The van der Waals surface area contributed by atoms with Crippen molar-refractivity contribution in [3.8, 4) is 0 Å². The van der Waals surface area contributed by atoms with E-state index in [-0.39, 0.29) is 48.7 Å². The van der Waals surface area contributed by atoms with Gasteiger partial charge in [0, 0.05) is 5.57 Å². The summed E-state index contributed by atoms with van der Waals surface area (Å²) < 4.78 is 17.7. The molecule has 0 aliphatic carbocycles. The molecular weight excluding hydrogens is 540 g/mol. The topological polar surface area (TPSA) is 85.2 Å². The molecule has 43 heavy (non-hydrogen) atoms. The van der Waals surface area contributed by atoms with Gasteiger partial charge in [-0.25, -0.2) is 4.79 Å². The largest absolute Gasteiger partial charge is 0.455 e. The van der Waals surface area contributed by atoms with Crippen molar-refractivity contribution in [3.63, 3.8) is 0 Å². The van der Waals surface area contributed by atoms with E-state index in [1.54, 1.807) is 0 Å². The second-order valence-electron chi connectivity index (χ2n) is 13.9. The maximum absolute atomic E-state index is 11.6. The summed E-state index contributed by atoms with van der Waals surface area (Å²) in [6.45, 7) is 4.17. The molecule has 3 aliphatic heterocycles. The van der Waals surface area contributed by atoms with E-state index < -0.39 is 0 Å². The molecule has 0 bridgehead atoms. The van der Waals surface area contributed by atoms with Crippen molar-refractivity contribution in [1.82, 2.24) is 0 Å². The average molecular weight is 607 g/mol. The third kappa shape index (κ3) is 14.3. The second-order valence-corrected chi connectivity index (χ2v) is 13.9. The van der Waals surface area contributed by atoms with Gasteiger partial charge in [0.15, 0.2) is 0 Å². The Kier molecular flexibility index (Phi) is 18.5. The van der Waals surface area contributed by atoms with E-state index in [0.717, 1.165) is 69.8 Å². The van der Waals surface area contributed by atoms with Crippen LogP contribution in [0.4, 0.5) is 0 Å². The molecule has 0 aromatic carbocycles. The fraction of sp³-hybridized carbons (Fsp3) is 0.919. The van der Waals surface area contributed by atoms with Gasteiger partial charge in [0.2, 0.25) is 0 Å². The van der Waals surface area contributed by atoms with Crippen LogP contribution in [0.2, 0.25) is 0 Å². The standard InChI is InChI=1S/C37H66O6/c1-3-4-5-6-7-13-16-19-22-31(38)33-24-26-35(42-33)36-27-25-34(43-36)32(39)23-20-17-14-11-9-8-10-12-15-18-21-30-28-29(2)41-37(30)40/h28-29,31-36,38-39H,3-27H2,1-2H3/t29?,31-,32-,33-,34-,35-,36-/m1/s1. The van der Waals surface area contributed by atoms with Crippen LogP contribution in [-0.4, -0.2) is 58.9 Å². The zero-order chi connectivity index (χ0) is 30.7. The second kappa shape index (κ2) is 21.7. The van der Waals surface area contributed by atoms with Crippen LogP contribution in [0.15, 0.2) is 11.6 Å². The molecule has 0 aromatic rings. The van der Waals surface area contributed by atoms with Crippen LogP contribution >= 0.6 is 0 Å². The van der Waals surface area contributed by atoms with Crippen molar-refractivity contribution in [2.45, 2.75) is 217 Å². The maximum atomic E-state index is 11.6. The Morgan fingerprint density at radius 2 is 1.07 bits per heavy atom. The van der Waals surface area contributed by atoms with Crippen molar-refractivity contribution in [2.24, 2.45) is 0 Å². The molecule has 3 rings (SSSR count). The molecule has 2 N–H and O–H groups in total. The summed E-state index contributed by atoms with van der Waals surface area (Å²) >= 11 is 0. The van der Waals surface area contributed by atoms with Crippen LogP contribution in [0.5, 0.6) is 0 Å². The molecule has 0 saturated carbocycles. The van der Waals surface area contributed by atoms with Crippen LogP contribution in [0.25, 0.3) is 0 Å². The van der Waals surface area contributed by atoms with E-state index >= 15 is 0 Å². The Labute approximate surface area is 263 Å². The first kappa shape index (κ1) is 36.5. The molecule has 3 heterocycles. The van der Waals surface area contributed by atoms with Crippen LogP contribution in [0, 0.1) is 0 Å². The van der Waals surface area contributed by atoms with Gasteiger partial charge in [0.05, 0.1) is 36.6 Å². The summed E-state index contributed by atoms with van der Waals surface area (Å²) in [5.41, 5.74) is 0.869. The lowest BCUT2D eigenvalue weighted by atomic mass is 10.0. The van der Waals surface area contributed by atoms with E-state index in [4.69, 9.17) is 14.2 Å². The van der Waals surface area contributed by atoms with E-state index in [9.17, 15) is 15.0 Å². The predicted octanol–water partition coefficient (Wildman–Crippen LogP) is 8.89. The predicted molar refractivity (Wildman–Crippen MR) is 174 cm³/mol. The van der Waals surface area contributed by atoms with Gasteiger partial charge in [0.25, 0.3) is 0 Å². The molecule has 2 fully saturated rings. The molecule has 0 spiro atoms. The molecule has 6 nitrogen and oxygen atoms in total. The first-order valence-electron chi connectivity index (χ1n) is 18.6. The molecule has 7 atom stereocenters. The molecule has 0 amide bonds. The number of carbonyl (C=O) groups is 1. The highest BCUT2D eigenvalue weighted by Gasteiger charge is 2.40. The van der Waals surface area contributed by atoms with Crippen LogP contribution < -0.4 is 0 Å². The van der Waals surface area contributed by atoms with Crippen LogP contribution in [0.3, 0.4) is 0 Å². The minimum absolute atomic E-state index is 0.0466. The molecule has 0 aromatic heterocycles. The highest BCUT2D eigenvalue weighted by molar-refractivity contribution is 5.90. The number of cyclic esters (lactones) is 1. The van der Waals surface area contributed by atoms with Gasteiger partial charge >= 0.3 is 5.97 Å². The molecule has 250 valence electrons. The highest BCUT2D eigenvalue weighted by Crippen LogP contribution is 2.34. The number of hydrogen-bond acceptors (Lipinski definition) is 6. The number of rotatable bonds is 25. The Balaban J connectivity index is 1.12. The minimum Gasteiger partial charge on any atom is -0.455 e. The highest BCUT2D eigenvalue weighted by atomic mass is 16.6. The number of aliphatic hydroxyl groups excluding tert-OH is 2. The number of hydrogen-bond donors (Lipinski definition) is 2. The molecule has 3 aliphatic rings. The zero-order valence-electron chi connectivity index (χ0n) is 27.8. The lowest BCUT2D eigenvalue weighted by Gasteiger charge is -2.24. The summed E-state index contributed by atoms with van der Waals surface area (Å²) in [5, 5.41) is 21.4. The third-order valence-electron chi connectivity index (χ3n) is 9.98. The van der Waals surface area contributed by atoms with Crippen molar-refractivity contribution in [3.05, 3.63) is 11.6 Å². The quantitative estimate of drug-likeness (QED) is 0.0797. The number of aliphatic hydroxyl groups is 2. The number of unbranched alkanes of at least 4 members (excludes halogenated alkanes) is 16. The molecular formula is C37H66O6. The van der Waals surface area contributed by atoms with Crippen molar-refractivity contribution < 1.29 is 29.2 Å².